The van der Waals surface area contributed by atoms with Gasteiger partial charge in [-0.15, -0.1) is 6.58 Å². The fourth-order valence-electron chi connectivity index (χ4n) is 1.82. The van der Waals surface area contributed by atoms with Gasteiger partial charge in [-0.05, 0) is 44.9 Å². The van der Waals surface area contributed by atoms with Gasteiger partial charge in [-0.3, -0.25) is 0 Å². The molecule has 0 spiro atoms. The summed E-state index contributed by atoms with van der Waals surface area (Å²) in [6.07, 6.45) is 1.63. The van der Waals surface area contributed by atoms with Crippen molar-refractivity contribution in [1.82, 2.24) is 5.32 Å². The van der Waals surface area contributed by atoms with Crippen LogP contribution in [0.4, 0.5) is 4.79 Å². The third kappa shape index (κ3) is 6.65. The van der Waals surface area contributed by atoms with E-state index < -0.39 is 19.0 Å². The molecule has 7 heteroatoms. The second kappa shape index (κ2) is 7.86. The predicted octanol–water partition coefficient (Wildman–Crippen LogP) is 2.18. The van der Waals surface area contributed by atoms with E-state index in [2.05, 4.69) is 11.9 Å². The van der Waals surface area contributed by atoms with Crippen molar-refractivity contribution in [3.05, 3.63) is 42.5 Å². The average Bonchev–Trinajstić information content (AvgIpc) is 2.35. The molecule has 0 aromatic heterocycles. The molecule has 0 radical (unpaired) electrons. The second-order valence-electron chi connectivity index (χ2n) is 5.74. The lowest BCUT2D eigenvalue weighted by Crippen LogP contribution is -2.34. The number of hydrogen-bond donors (Lipinski definition) is 3. The lowest BCUT2D eigenvalue weighted by atomic mass is 10.0. The molecule has 0 aliphatic rings. The molecule has 1 amide bonds. The topological polar surface area (TPSA) is 88.0 Å². The maximum atomic E-state index is 11.9. The highest BCUT2D eigenvalue weighted by Gasteiger charge is 2.20. The minimum atomic E-state index is -1.90. The minimum Gasteiger partial charge on any atom is -0.512 e. The van der Waals surface area contributed by atoms with Crippen LogP contribution in [-0.4, -0.2) is 29.1 Å². The van der Waals surface area contributed by atoms with E-state index in [1.54, 1.807) is 51.1 Å². The van der Waals surface area contributed by atoms with E-state index in [-0.39, 0.29) is 11.8 Å². The Morgan fingerprint density at radius 2 is 2.14 bits per heavy atom. The maximum absolute atomic E-state index is 11.9. The summed E-state index contributed by atoms with van der Waals surface area (Å²) >= 11 is 0. The first-order valence-electron chi connectivity index (χ1n) is 6.94. The molecule has 1 atom stereocenters. The third-order valence-electron chi connectivity index (χ3n) is 2.60. The van der Waals surface area contributed by atoms with Crippen molar-refractivity contribution in [3.8, 4) is 5.75 Å². The SMILES string of the molecule is C=CC[C@H](NC(=O)OC(C)(C)C)c1cccc(OB(O)O)c1. The highest BCUT2D eigenvalue weighted by molar-refractivity contribution is 6.33. The van der Waals surface area contributed by atoms with E-state index in [0.717, 1.165) is 5.56 Å². The number of ether oxygens (including phenoxy) is 1. The van der Waals surface area contributed by atoms with Gasteiger partial charge in [0.2, 0.25) is 0 Å². The molecule has 120 valence electrons. The van der Waals surface area contributed by atoms with Gasteiger partial charge in [0.1, 0.15) is 11.4 Å². The van der Waals surface area contributed by atoms with Crippen LogP contribution in [0.1, 0.15) is 38.8 Å². The fraction of sp³-hybridized carbons (Fsp3) is 0.400. The monoisotopic (exact) mass is 307 g/mol. The molecule has 0 fully saturated rings. The van der Waals surface area contributed by atoms with E-state index in [1.165, 1.54) is 0 Å². The number of amides is 1. The first-order valence-corrected chi connectivity index (χ1v) is 6.94. The summed E-state index contributed by atoms with van der Waals surface area (Å²) in [6, 6.07) is 6.33. The average molecular weight is 307 g/mol. The number of nitrogens with one attached hydrogen (secondary N) is 1. The Labute approximate surface area is 130 Å². The van der Waals surface area contributed by atoms with Crippen LogP contribution in [0, 0.1) is 0 Å². The van der Waals surface area contributed by atoms with Crippen molar-refractivity contribution in [3.63, 3.8) is 0 Å². The predicted molar refractivity (Wildman–Crippen MR) is 84.2 cm³/mol. The number of benzene rings is 1. The van der Waals surface area contributed by atoms with Gasteiger partial charge in [-0.25, -0.2) is 4.79 Å². The minimum absolute atomic E-state index is 0.285. The molecule has 0 heterocycles. The normalized spacial score (nSPS) is 12.2. The van der Waals surface area contributed by atoms with Crippen molar-refractivity contribution in [2.75, 3.05) is 0 Å². The molecule has 1 rings (SSSR count). The quantitative estimate of drug-likeness (QED) is 0.554. The van der Waals surface area contributed by atoms with E-state index in [0.29, 0.717) is 6.42 Å². The zero-order valence-electron chi connectivity index (χ0n) is 13.1. The van der Waals surface area contributed by atoms with Gasteiger partial charge in [-0.1, -0.05) is 18.2 Å². The van der Waals surface area contributed by atoms with Gasteiger partial charge in [0.15, 0.2) is 0 Å². The van der Waals surface area contributed by atoms with Crippen molar-refractivity contribution in [2.24, 2.45) is 0 Å². The van der Waals surface area contributed by atoms with E-state index in [1.807, 2.05) is 0 Å². The van der Waals surface area contributed by atoms with Gasteiger partial charge in [0, 0.05) is 0 Å². The molecule has 1 aromatic carbocycles. The Bertz CT molecular complexity index is 513. The van der Waals surface area contributed by atoms with Gasteiger partial charge in [-0.2, -0.15) is 0 Å². The van der Waals surface area contributed by atoms with Crippen LogP contribution in [0.2, 0.25) is 0 Å². The van der Waals surface area contributed by atoms with E-state index in [9.17, 15) is 4.79 Å². The number of hydrogen-bond acceptors (Lipinski definition) is 5. The van der Waals surface area contributed by atoms with Crippen molar-refractivity contribution >= 4 is 13.4 Å². The van der Waals surface area contributed by atoms with Crippen LogP contribution >= 0.6 is 0 Å². The van der Waals surface area contributed by atoms with Gasteiger partial charge in [0.25, 0.3) is 0 Å². The first-order chi connectivity index (χ1) is 10.2. The second-order valence-corrected chi connectivity index (χ2v) is 5.74. The van der Waals surface area contributed by atoms with Gasteiger partial charge in [0.05, 0.1) is 6.04 Å². The lowest BCUT2D eigenvalue weighted by molar-refractivity contribution is 0.0504. The van der Waals surface area contributed by atoms with Gasteiger partial charge >= 0.3 is 13.4 Å². The zero-order valence-corrected chi connectivity index (χ0v) is 13.1. The summed E-state index contributed by atoms with van der Waals surface area (Å²) in [5, 5.41) is 20.4. The summed E-state index contributed by atoms with van der Waals surface area (Å²) < 4.78 is 10.0. The summed E-state index contributed by atoms with van der Waals surface area (Å²) in [6.45, 7) is 9.03. The fourth-order valence-corrected chi connectivity index (χ4v) is 1.82. The maximum Gasteiger partial charge on any atom is 0.707 e. The van der Waals surface area contributed by atoms with Gasteiger partial charge < -0.3 is 24.8 Å². The molecule has 0 aliphatic heterocycles. The number of alkyl carbamates (subject to hydrolysis) is 1. The Balaban J connectivity index is 2.86. The molecule has 0 unspecified atom stereocenters. The smallest absolute Gasteiger partial charge is 0.512 e. The number of carbonyl (C=O) groups excluding carboxylic acids is 1. The Morgan fingerprint density at radius 3 is 2.68 bits per heavy atom. The van der Waals surface area contributed by atoms with Crippen LogP contribution in [0.25, 0.3) is 0 Å². The number of rotatable bonds is 6. The van der Waals surface area contributed by atoms with Crippen LogP contribution in [0.3, 0.4) is 0 Å². The highest BCUT2D eigenvalue weighted by Crippen LogP contribution is 2.23. The Kier molecular flexibility index (Phi) is 6.46. The standard InChI is InChI=1S/C15H22BNO5/c1-5-7-13(17-14(18)21-15(2,3)4)11-8-6-9-12(10-11)22-16(19)20/h5-6,8-10,13,19-20H,1,7H2,2-4H3,(H,17,18)/t13-/m0/s1. The molecule has 3 N–H and O–H groups in total. The number of carbonyl (C=O) groups is 1. The van der Waals surface area contributed by atoms with Crippen molar-refractivity contribution < 1.29 is 24.2 Å². The molecular formula is C15H22BNO5. The molecule has 0 saturated heterocycles. The summed E-state index contributed by atoms with van der Waals surface area (Å²) in [5.74, 6) is 0.285. The third-order valence-corrected chi connectivity index (χ3v) is 2.60. The van der Waals surface area contributed by atoms with Crippen LogP contribution in [-0.2, 0) is 4.74 Å². The molecule has 0 saturated carbocycles. The molecule has 0 aliphatic carbocycles. The summed E-state index contributed by atoms with van der Waals surface area (Å²) in [5.41, 5.74) is 0.151. The molecule has 6 nitrogen and oxygen atoms in total. The largest absolute Gasteiger partial charge is 0.707 e. The van der Waals surface area contributed by atoms with Crippen LogP contribution in [0.5, 0.6) is 5.75 Å². The Morgan fingerprint density at radius 1 is 1.45 bits per heavy atom. The summed E-state index contributed by atoms with van der Waals surface area (Å²) in [7, 11) is -1.90. The van der Waals surface area contributed by atoms with E-state index >= 15 is 0 Å². The van der Waals surface area contributed by atoms with E-state index in [4.69, 9.17) is 19.4 Å². The molecule has 0 bridgehead atoms. The zero-order chi connectivity index (χ0) is 16.8. The van der Waals surface area contributed by atoms with Crippen LogP contribution < -0.4 is 9.97 Å². The summed E-state index contributed by atoms with van der Waals surface area (Å²) in [4.78, 5) is 11.9. The lowest BCUT2D eigenvalue weighted by Gasteiger charge is -2.23. The molecular weight excluding hydrogens is 285 g/mol. The van der Waals surface area contributed by atoms with Crippen molar-refractivity contribution in [1.29, 1.82) is 0 Å². The molecule has 1 aromatic rings. The molecule has 22 heavy (non-hydrogen) atoms. The van der Waals surface area contributed by atoms with Crippen LogP contribution in [0.15, 0.2) is 36.9 Å². The Hall–Kier alpha value is -1.99. The van der Waals surface area contributed by atoms with Crippen molar-refractivity contribution in [2.45, 2.75) is 38.8 Å². The first kappa shape index (κ1) is 18.1. The highest BCUT2D eigenvalue weighted by atomic mass is 16.6.